The number of aromatic hydroxyl groups is 1. The first-order valence-corrected chi connectivity index (χ1v) is 18.0. The monoisotopic (exact) mass is 719 g/mol. The fourth-order valence-corrected chi connectivity index (χ4v) is 6.98. The summed E-state index contributed by atoms with van der Waals surface area (Å²) in [4.78, 5) is 9.73. The molecule has 0 spiro atoms. The van der Waals surface area contributed by atoms with E-state index in [1.54, 1.807) is 0 Å². The minimum Gasteiger partial charge on any atom is -0.665 e. The first-order chi connectivity index (χ1) is 21.5. The van der Waals surface area contributed by atoms with Crippen molar-refractivity contribution in [2.24, 2.45) is 27.7 Å². The van der Waals surface area contributed by atoms with Crippen molar-refractivity contribution < 1.29 is 36.0 Å². The van der Waals surface area contributed by atoms with Crippen molar-refractivity contribution in [3.63, 3.8) is 0 Å². The zero-order chi connectivity index (χ0) is 34.2. The zero-order valence-electron chi connectivity index (χ0n) is 31.7. The van der Waals surface area contributed by atoms with E-state index in [0.717, 1.165) is 28.9 Å². The Kier molecular flexibility index (Phi) is 16.1. The fraction of sp³-hybridized carbons (Fsp3) is 0.643. The number of rotatable bonds is 7. The third-order valence-corrected chi connectivity index (χ3v) is 9.81. The number of ether oxygens (including phenoxy) is 1. The van der Waals surface area contributed by atoms with Crippen LogP contribution in [0.5, 0.6) is 11.5 Å². The van der Waals surface area contributed by atoms with Crippen molar-refractivity contribution in [1.82, 2.24) is 0 Å². The van der Waals surface area contributed by atoms with E-state index in [4.69, 9.17) is 14.7 Å². The van der Waals surface area contributed by atoms with Crippen LogP contribution in [-0.2, 0) is 43.5 Å². The van der Waals surface area contributed by atoms with Gasteiger partial charge < -0.3 is 9.84 Å². The molecular formula is C42H65N2O2Zr-. The molecule has 4 nitrogen and oxygen atoms in total. The van der Waals surface area contributed by atoms with Gasteiger partial charge in [-0.25, -0.2) is 0 Å². The fourth-order valence-electron chi connectivity index (χ4n) is 6.98. The Balaban J connectivity index is 0.000000321. The normalized spacial score (nSPS) is 22.2. The summed E-state index contributed by atoms with van der Waals surface area (Å²) >= 11 is 0. The second-order valence-electron chi connectivity index (χ2n) is 16.8. The molecule has 1 N–H and O–H groups in total. The van der Waals surface area contributed by atoms with E-state index in [1.165, 1.54) is 68.1 Å². The molecule has 5 heteroatoms. The molecule has 2 aromatic rings. The van der Waals surface area contributed by atoms with E-state index in [9.17, 15) is 5.11 Å². The molecular weight excluding hydrogens is 656 g/mol. The van der Waals surface area contributed by atoms with Crippen molar-refractivity contribution >= 4 is 12.4 Å². The van der Waals surface area contributed by atoms with Crippen LogP contribution in [0.1, 0.15) is 154 Å². The predicted molar refractivity (Wildman–Crippen MR) is 199 cm³/mol. The summed E-state index contributed by atoms with van der Waals surface area (Å²) in [6.45, 7) is 24.3. The van der Waals surface area contributed by atoms with E-state index < -0.39 is 0 Å². The van der Waals surface area contributed by atoms with Gasteiger partial charge in [-0.05, 0) is 96.4 Å². The van der Waals surface area contributed by atoms with Gasteiger partial charge in [-0.2, -0.15) is 7.11 Å². The van der Waals surface area contributed by atoms with E-state index in [-0.39, 0.29) is 37.0 Å². The van der Waals surface area contributed by atoms with E-state index >= 15 is 0 Å². The second kappa shape index (κ2) is 18.3. The van der Waals surface area contributed by atoms with Gasteiger partial charge in [0.1, 0.15) is 5.75 Å². The largest absolute Gasteiger partial charge is 0.665 e. The summed E-state index contributed by atoms with van der Waals surface area (Å²) in [5.41, 5.74) is 6.65. The average Bonchev–Trinajstić information content (AvgIpc) is 2.96. The van der Waals surface area contributed by atoms with Gasteiger partial charge in [0.25, 0.3) is 0 Å². The van der Waals surface area contributed by atoms with Gasteiger partial charge in [0.2, 0.25) is 0 Å². The molecule has 47 heavy (non-hydrogen) atoms. The summed E-state index contributed by atoms with van der Waals surface area (Å²) < 4.78 is 5.48. The summed E-state index contributed by atoms with van der Waals surface area (Å²) in [5.74, 6) is 3.21. The Morgan fingerprint density at radius 3 is 1.72 bits per heavy atom. The number of aryl methyl sites for hydroxylation is 1. The van der Waals surface area contributed by atoms with Crippen LogP contribution in [0.15, 0.2) is 34.3 Å². The van der Waals surface area contributed by atoms with Crippen LogP contribution in [0, 0.1) is 31.8 Å². The van der Waals surface area contributed by atoms with Gasteiger partial charge in [0.05, 0.1) is 17.8 Å². The molecule has 4 unspecified atom stereocenters. The molecule has 0 aromatic heterocycles. The summed E-state index contributed by atoms with van der Waals surface area (Å²) in [6.07, 6.45) is 15.2. The molecule has 0 aliphatic heterocycles. The van der Waals surface area contributed by atoms with Crippen LogP contribution in [0.25, 0.3) is 0 Å². The third kappa shape index (κ3) is 12.3. The SMILES string of the molecule is CC(C)Cc1cc(C=NC2CCCCC2C)c(O)c(C(C)(C)C)c1.[CH2-]Oc1c(C=NC2CCCCC2C)cc(C)cc1C(C)(C)C.[Zr]. The Labute approximate surface area is 307 Å². The van der Waals surface area contributed by atoms with Crippen LogP contribution >= 0.6 is 0 Å². The first-order valence-electron chi connectivity index (χ1n) is 18.0. The van der Waals surface area contributed by atoms with E-state index in [0.29, 0.717) is 35.6 Å². The molecule has 2 aliphatic carbocycles. The van der Waals surface area contributed by atoms with Crippen LogP contribution in [0.4, 0.5) is 0 Å². The second-order valence-corrected chi connectivity index (χ2v) is 16.8. The molecule has 0 bridgehead atoms. The predicted octanol–water partition coefficient (Wildman–Crippen LogP) is 11.3. The number of hydrogen-bond donors (Lipinski definition) is 1. The Bertz CT molecular complexity index is 1330. The van der Waals surface area contributed by atoms with Crippen molar-refractivity contribution in [3.8, 4) is 11.5 Å². The Morgan fingerprint density at radius 2 is 1.28 bits per heavy atom. The maximum absolute atomic E-state index is 10.8. The summed E-state index contributed by atoms with van der Waals surface area (Å²) in [5, 5.41) is 10.8. The van der Waals surface area contributed by atoms with Crippen LogP contribution in [0.3, 0.4) is 0 Å². The molecule has 0 heterocycles. The number of aliphatic imine (C=N–C) groups is 2. The molecule has 0 amide bonds. The number of phenols is 1. The summed E-state index contributed by atoms with van der Waals surface area (Å²) in [6, 6.07) is 9.50. The molecule has 4 rings (SSSR count). The third-order valence-electron chi connectivity index (χ3n) is 9.81. The van der Waals surface area contributed by atoms with Crippen LogP contribution < -0.4 is 4.74 Å². The van der Waals surface area contributed by atoms with Crippen LogP contribution in [0.2, 0.25) is 0 Å². The maximum Gasteiger partial charge on any atom is 0.128 e. The number of phenolic OH excluding ortho intramolecular Hbond substituents is 1. The molecule has 0 radical (unpaired) electrons. The van der Waals surface area contributed by atoms with Crippen molar-refractivity contribution in [3.05, 3.63) is 64.8 Å². The first kappa shape index (κ1) is 41.4. The number of hydrogen-bond acceptors (Lipinski definition) is 4. The van der Waals surface area contributed by atoms with Crippen LogP contribution in [-0.4, -0.2) is 29.6 Å². The van der Waals surface area contributed by atoms with Gasteiger partial charge >= 0.3 is 0 Å². The maximum atomic E-state index is 10.8. The molecule has 2 aliphatic rings. The van der Waals surface area contributed by atoms with E-state index in [2.05, 4.69) is 108 Å². The quantitative estimate of drug-likeness (QED) is 0.229. The standard InChI is InChI=1S/C22H35NO.C20H30NO.Zr/c1-15(2)11-17-12-18(21(24)19(13-17)22(4,5)6)14-23-20-10-8-7-9-16(20)3;1-14-11-16(13-21-18-10-8-7-9-15(18)2)19(22-6)17(12-14)20(3,4)5;/h12-16,20,24H,7-11H2,1-6H3;11-13,15,18H,6-10H2,1-5H3;/q;-1;. The zero-order valence-corrected chi connectivity index (χ0v) is 34.1. The smallest absolute Gasteiger partial charge is 0.128 e. The van der Waals surface area contributed by atoms with E-state index in [1.807, 2.05) is 12.4 Å². The van der Waals surface area contributed by atoms with Crippen molar-refractivity contribution in [2.75, 3.05) is 0 Å². The molecule has 0 saturated heterocycles. The topological polar surface area (TPSA) is 54.2 Å². The van der Waals surface area contributed by atoms with Gasteiger partial charge in [-0.15, -0.1) is 0 Å². The van der Waals surface area contributed by atoms with Gasteiger partial charge in [-0.3, -0.25) is 9.98 Å². The number of nitrogens with zero attached hydrogens (tertiary/aromatic N) is 2. The van der Waals surface area contributed by atoms with Crippen molar-refractivity contribution in [1.29, 1.82) is 0 Å². The van der Waals surface area contributed by atoms with Gasteiger partial charge in [0.15, 0.2) is 0 Å². The van der Waals surface area contributed by atoms with Gasteiger partial charge in [-0.1, -0.05) is 107 Å². The average molecular weight is 721 g/mol. The minimum atomic E-state index is -0.0716. The molecule has 2 saturated carbocycles. The molecule has 260 valence electrons. The summed E-state index contributed by atoms with van der Waals surface area (Å²) in [7, 11) is 3.67. The number of benzene rings is 2. The van der Waals surface area contributed by atoms with Crippen molar-refractivity contribution in [2.45, 2.75) is 157 Å². The molecule has 4 atom stereocenters. The Hall–Kier alpha value is -1.74. The molecule has 2 aromatic carbocycles. The van der Waals surface area contributed by atoms with Gasteiger partial charge in [0, 0.05) is 55.3 Å². The molecule has 2 fully saturated rings. The minimum absolute atomic E-state index is 0. The Morgan fingerprint density at radius 1 is 0.787 bits per heavy atom.